The summed E-state index contributed by atoms with van der Waals surface area (Å²) in [5.74, 6) is -1.33. The number of ether oxygens (including phenoxy) is 2. The molecule has 0 amide bonds. The number of hydrogen-bond acceptors (Lipinski definition) is 8. The molecule has 0 spiro atoms. The van der Waals surface area contributed by atoms with Crippen LogP contribution in [-0.4, -0.2) is 37.1 Å². The first kappa shape index (κ1) is 21.1. The van der Waals surface area contributed by atoms with E-state index >= 15 is 0 Å². The number of benzene rings is 2. The van der Waals surface area contributed by atoms with Gasteiger partial charge in [0.1, 0.15) is 4.91 Å². The summed E-state index contributed by atoms with van der Waals surface area (Å²) in [6, 6.07) is 14.5. The average Bonchev–Trinajstić information content (AvgIpc) is 2.78. The lowest BCUT2D eigenvalue weighted by molar-refractivity contribution is -0.384. The van der Waals surface area contributed by atoms with Crippen LogP contribution in [0.25, 0.3) is 4.91 Å². The van der Waals surface area contributed by atoms with Crippen LogP contribution in [0, 0.1) is 10.1 Å². The lowest BCUT2D eigenvalue weighted by Gasteiger charge is -2.26. The predicted molar refractivity (Wildman–Crippen MR) is 114 cm³/mol. The Morgan fingerprint density at radius 1 is 1.00 bits per heavy atom. The second kappa shape index (κ2) is 9.27. The lowest BCUT2D eigenvalue weighted by atomic mass is 10.0. The summed E-state index contributed by atoms with van der Waals surface area (Å²) in [5.41, 5.74) is 1.48. The first-order chi connectivity index (χ1) is 14.4. The summed E-state index contributed by atoms with van der Waals surface area (Å²) >= 11 is 1.05. The monoisotopic (exact) mass is 426 g/mol. The van der Waals surface area contributed by atoms with E-state index in [-0.39, 0.29) is 16.2 Å². The first-order valence-electron chi connectivity index (χ1n) is 8.81. The fourth-order valence-corrected chi connectivity index (χ4v) is 4.04. The van der Waals surface area contributed by atoms with Crippen LogP contribution in [0.5, 0.6) is 0 Å². The van der Waals surface area contributed by atoms with E-state index in [1.54, 1.807) is 18.2 Å². The fourth-order valence-electron chi connectivity index (χ4n) is 2.88. The zero-order valence-electron chi connectivity index (χ0n) is 16.2. The second-order valence-electron chi connectivity index (χ2n) is 6.15. The van der Waals surface area contributed by atoms with E-state index in [2.05, 4.69) is 5.32 Å². The number of rotatable bonds is 6. The Morgan fingerprint density at radius 3 is 2.20 bits per heavy atom. The number of non-ortho nitro benzene ring substituents is 1. The predicted octanol–water partition coefficient (Wildman–Crippen LogP) is 3.76. The molecule has 1 atom stereocenters. The van der Waals surface area contributed by atoms with E-state index in [0.29, 0.717) is 10.5 Å². The molecule has 9 heteroatoms. The third kappa shape index (κ3) is 4.52. The molecule has 0 saturated carbocycles. The Labute approximate surface area is 176 Å². The van der Waals surface area contributed by atoms with E-state index in [0.717, 1.165) is 17.4 Å². The van der Waals surface area contributed by atoms with Crippen molar-refractivity contribution < 1.29 is 24.0 Å². The van der Waals surface area contributed by atoms with E-state index in [4.69, 9.17) is 9.47 Å². The highest BCUT2D eigenvalue weighted by atomic mass is 32.2. The maximum Gasteiger partial charge on any atom is 0.345 e. The van der Waals surface area contributed by atoms with E-state index in [1.807, 2.05) is 30.3 Å². The van der Waals surface area contributed by atoms with Gasteiger partial charge in [-0.05, 0) is 35.9 Å². The van der Waals surface area contributed by atoms with Gasteiger partial charge >= 0.3 is 11.9 Å². The SMILES string of the molecule is COC(=O)C1=C(C(=O)OC)C(Nc2ccccc2)C=C(c2ccc([N+](=O)[O-])cc2)S1. The number of nitrogens with one attached hydrogen (secondary N) is 1. The molecule has 30 heavy (non-hydrogen) atoms. The van der Waals surface area contributed by atoms with Gasteiger partial charge in [-0.3, -0.25) is 10.1 Å². The standard InChI is InChI=1S/C21H18N2O6S/c1-28-20(24)18-16(22-14-6-4-3-5-7-14)12-17(30-19(18)21(25)29-2)13-8-10-15(11-9-13)23(26)27/h3-12,16,22H,1-2H3. The highest BCUT2D eigenvalue weighted by Gasteiger charge is 2.34. The fraction of sp³-hybridized carbons (Fsp3) is 0.143. The second-order valence-corrected chi connectivity index (χ2v) is 7.20. The van der Waals surface area contributed by atoms with Crippen LogP contribution in [0.2, 0.25) is 0 Å². The van der Waals surface area contributed by atoms with Gasteiger partial charge in [-0.2, -0.15) is 0 Å². The number of thioether (sulfide) groups is 1. The third-order valence-electron chi connectivity index (χ3n) is 4.32. The lowest BCUT2D eigenvalue weighted by Crippen LogP contribution is -2.30. The number of nitrogens with zero attached hydrogens (tertiary/aromatic N) is 1. The molecule has 1 N–H and O–H groups in total. The van der Waals surface area contributed by atoms with Gasteiger partial charge in [-0.1, -0.05) is 30.0 Å². The van der Waals surface area contributed by atoms with E-state index in [1.165, 1.54) is 26.4 Å². The minimum Gasteiger partial charge on any atom is -0.466 e. The third-order valence-corrected chi connectivity index (χ3v) is 5.50. The van der Waals surface area contributed by atoms with Crippen LogP contribution in [0.15, 0.2) is 71.2 Å². The largest absolute Gasteiger partial charge is 0.466 e. The number of esters is 2. The molecule has 1 heterocycles. The zero-order chi connectivity index (χ0) is 21.7. The molecule has 1 unspecified atom stereocenters. The average molecular weight is 426 g/mol. The maximum absolute atomic E-state index is 12.5. The number of methoxy groups -OCH3 is 2. The number of nitro groups is 1. The van der Waals surface area contributed by atoms with Crippen molar-refractivity contribution in [2.75, 3.05) is 19.5 Å². The first-order valence-corrected chi connectivity index (χ1v) is 9.63. The molecule has 3 rings (SSSR count). The number of carbonyl (C=O) groups is 2. The van der Waals surface area contributed by atoms with Crippen LogP contribution in [-0.2, 0) is 19.1 Å². The number of nitro benzene ring substituents is 1. The summed E-state index contributed by atoms with van der Waals surface area (Å²) in [6.07, 6.45) is 1.78. The summed E-state index contributed by atoms with van der Waals surface area (Å²) in [4.78, 5) is 36.2. The van der Waals surface area contributed by atoms with Gasteiger partial charge < -0.3 is 14.8 Å². The van der Waals surface area contributed by atoms with Gasteiger partial charge in [-0.25, -0.2) is 9.59 Å². The summed E-state index contributed by atoms with van der Waals surface area (Å²) < 4.78 is 9.78. The van der Waals surface area contributed by atoms with Crippen molar-refractivity contribution in [1.82, 2.24) is 0 Å². The molecule has 0 aliphatic carbocycles. The summed E-state index contributed by atoms with van der Waals surface area (Å²) in [7, 11) is 2.47. The Morgan fingerprint density at radius 2 is 1.63 bits per heavy atom. The van der Waals surface area contributed by atoms with Crippen LogP contribution in [0.1, 0.15) is 5.56 Å². The molecule has 154 valence electrons. The van der Waals surface area contributed by atoms with Gasteiger partial charge in [0.05, 0.1) is 30.8 Å². The molecule has 8 nitrogen and oxygen atoms in total. The number of para-hydroxylation sites is 1. The number of carbonyl (C=O) groups excluding carboxylic acids is 2. The quantitative estimate of drug-likeness (QED) is 0.423. The van der Waals surface area contributed by atoms with Crippen LogP contribution >= 0.6 is 11.8 Å². The van der Waals surface area contributed by atoms with E-state index < -0.39 is 22.9 Å². The van der Waals surface area contributed by atoms with Crippen molar-refractivity contribution in [1.29, 1.82) is 0 Å². The van der Waals surface area contributed by atoms with Gasteiger partial charge in [0.15, 0.2) is 0 Å². The van der Waals surface area contributed by atoms with Crippen molar-refractivity contribution in [2.24, 2.45) is 0 Å². The highest BCUT2D eigenvalue weighted by molar-refractivity contribution is 8.12. The summed E-state index contributed by atoms with van der Waals surface area (Å²) in [5, 5.41) is 14.2. The Balaban J connectivity index is 2.07. The van der Waals surface area contributed by atoms with Crippen LogP contribution < -0.4 is 5.32 Å². The molecular weight excluding hydrogens is 408 g/mol. The molecule has 2 aromatic carbocycles. The smallest absolute Gasteiger partial charge is 0.345 e. The normalized spacial score (nSPS) is 15.8. The van der Waals surface area contributed by atoms with Crippen molar-refractivity contribution in [3.05, 3.63) is 86.8 Å². The van der Waals surface area contributed by atoms with Gasteiger partial charge in [0.25, 0.3) is 5.69 Å². The maximum atomic E-state index is 12.5. The van der Waals surface area contributed by atoms with Gasteiger partial charge in [0.2, 0.25) is 0 Å². The van der Waals surface area contributed by atoms with Crippen molar-refractivity contribution >= 4 is 40.0 Å². The van der Waals surface area contributed by atoms with Crippen LogP contribution in [0.4, 0.5) is 11.4 Å². The minimum absolute atomic E-state index is 0.0434. The molecule has 1 aliphatic rings. The molecule has 0 radical (unpaired) electrons. The minimum atomic E-state index is -0.680. The summed E-state index contributed by atoms with van der Waals surface area (Å²) in [6.45, 7) is 0. The molecule has 2 aromatic rings. The number of hydrogen-bond donors (Lipinski definition) is 1. The molecular formula is C21H18N2O6S. The van der Waals surface area contributed by atoms with Gasteiger partial charge in [-0.15, -0.1) is 0 Å². The van der Waals surface area contributed by atoms with Crippen molar-refractivity contribution in [3.63, 3.8) is 0 Å². The molecule has 0 fully saturated rings. The number of anilines is 1. The van der Waals surface area contributed by atoms with E-state index in [9.17, 15) is 19.7 Å². The molecule has 1 aliphatic heterocycles. The van der Waals surface area contributed by atoms with Crippen molar-refractivity contribution in [3.8, 4) is 0 Å². The zero-order valence-corrected chi connectivity index (χ0v) is 17.0. The van der Waals surface area contributed by atoms with Crippen LogP contribution in [0.3, 0.4) is 0 Å². The van der Waals surface area contributed by atoms with Gasteiger partial charge in [0, 0.05) is 22.7 Å². The molecule has 0 bridgehead atoms. The Hall–Kier alpha value is -3.59. The molecule has 0 saturated heterocycles. The van der Waals surface area contributed by atoms with Crippen molar-refractivity contribution in [2.45, 2.75) is 6.04 Å². The Bertz CT molecular complexity index is 1030. The topological polar surface area (TPSA) is 108 Å². The highest BCUT2D eigenvalue weighted by Crippen LogP contribution is 2.42. The molecule has 0 aromatic heterocycles. The Kier molecular flexibility index (Phi) is 6.53.